The average Bonchev–Trinajstić information content (AvgIpc) is 3.09. The van der Waals surface area contributed by atoms with Crippen LogP contribution in [0.2, 0.25) is 0 Å². The first-order valence-electron chi connectivity index (χ1n) is 10.5. The minimum atomic E-state index is -0.388. The lowest BCUT2D eigenvalue weighted by Crippen LogP contribution is -2.55. The van der Waals surface area contributed by atoms with Crippen molar-refractivity contribution in [2.75, 3.05) is 13.2 Å². The number of ether oxygens (including phenoxy) is 1. The van der Waals surface area contributed by atoms with Gasteiger partial charge in [0.15, 0.2) is 0 Å². The molecule has 0 saturated heterocycles. The molecule has 0 bridgehead atoms. The highest BCUT2D eigenvalue weighted by Gasteiger charge is 2.45. The molecule has 5 rings (SSSR count). The smallest absolute Gasteiger partial charge is 0.407 e. The molecule has 4 heteroatoms. The van der Waals surface area contributed by atoms with Crippen molar-refractivity contribution in [3.63, 3.8) is 0 Å². The molecular formula is C26H25NO3. The van der Waals surface area contributed by atoms with E-state index in [1.807, 2.05) is 54.6 Å². The van der Waals surface area contributed by atoms with E-state index in [0.29, 0.717) is 6.61 Å². The fraction of sp³-hybridized carbons (Fsp3) is 0.269. The summed E-state index contributed by atoms with van der Waals surface area (Å²) in [6.07, 6.45) is 1.05. The first kappa shape index (κ1) is 18.9. The van der Waals surface area contributed by atoms with Crippen molar-refractivity contribution in [3.8, 4) is 11.1 Å². The Bertz CT molecular complexity index is 1010. The number of aliphatic hydroxyl groups excluding tert-OH is 1. The number of rotatable bonds is 5. The van der Waals surface area contributed by atoms with E-state index in [0.717, 1.165) is 18.4 Å². The lowest BCUT2D eigenvalue weighted by molar-refractivity contribution is 0.0761. The minimum absolute atomic E-state index is 0.0213. The maximum atomic E-state index is 12.5. The summed E-state index contributed by atoms with van der Waals surface area (Å²) in [5.41, 5.74) is 5.71. The Balaban J connectivity index is 1.21. The third kappa shape index (κ3) is 3.17. The molecule has 0 aliphatic heterocycles. The molecule has 1 amide bonds. The summed E-state index contributed by atoms with van der Waals surface area (Å²) in [7, 11) is 0. The zero-order chi connectivity index (χ0) is 20.6. The van der Waals surface area contributed by atoms with Gasteiger partial charge in [-0.15, -0.1) is 0 Å². The van der Waals surface area contributed by atoms with Crippen LogP contribution in [-0.4, -0.2) is 30.5 Å². The van der Waals surface area contributed by atoms with Gasteiger partial charge in [0, 0.05) is 17.4 Å². The molecule has 30 heavy (non-hydrogen) atoms. The van der Waals surface area contributed by atoms with Crippen LogP contribution < -0.4 is 5.32 Å². The highest BCUT2D eigenvalue weighted by Crippen LogP contribution is 2.45. The van der Waals surface area contributed by atoms with E-state index in [-0.39, 0.29) is 30.1 Å². The summed E-state index contributed by atoms with van der Waals surface area (Å²) in [6, 6.07) is 26.7. The van der Waals surface area contributed by atoms with Crippen LogP contribution in [0.4, 0.5) is 4.79 Å². The molecule has 0 aromatic heterocycles. The number of alkyl carbamates (subject to hydrolysis) is 1. The summed E-state index contributed by atoms with van der Waals surface area (Å²) in [5, 5.41) is 12.9. The van der Waals surface area contributed by atoms with E-state index < -0.39 is 0 Å². The zero-order valence-electron chi connectivity index (χ0n) is 16.8. The Kier molecular flexibility index (Phi) is 4.80. The number of amides is 1. The van der Waals surface area contributed by atoms with Crippen molar-refractivity contribution in [3.05, 3.63) is 95.6 Å². The molecule has 3 aromatic rings. The van der Waals surface area contributed by atoms with Crippen LogP contribution in [0.5, 0.6) is 0 Å². The van der Waals surface area contributed by atoms with Gasteiger partial charge in [0.05, 0.1) is 6.61 Å². The molecule has 3 aromatic carbocycles. The molecule has 0 radical (unpaired) electrons. The minimum Gasteiger partial charge on any atom is -0.449 e. The summed E-state index contributed by atoms with van der Waals surface area (Å²) >= 11 is 0. The summed E-state index contributed by atoms with van der Waals surface area (Å²) in [6.45, 7) is 0.399. The van der Waals surface area contributed by atoms with Crippen molar-refractivity contribution >= 4 is 6.09 Å². The second-order valence-electron chi connectivity index (χ2n) is 8.38. The molecule has 1 fully saturated rings. The van der Waals surface area contributed by atoms with Crippen LogP contribution in [0.25, 0.3) is 11.1 Å². The van der Waals surface area contributed by atoms with Gasteiger partial charge < -0.3 is 15.2 Å². The van der Waals surface area contributed by atoms with Gasteiger partial charge in [0.2, 0.25) is 0 Å². The molecule has 0 unspecified atom stereocenters. The quantitative estimate of drug-likeness (QED) is 0.658. The topological polar surface area (TPSA) is 58.6 Å². The predicted octanol–water partition coefficient (Wildman–Crippen LogP) is 4.62. The molecule has 2 N–H and O–H groups in total. The maximum Gasteiger partial charge on any atom is 0.407 e. The van der Waals surface area contributed by atoms with Crippen molar-refractivity contribution in [1.29, 1.82) is 0 Å². The highest BCUT2D eigenvalue weighted by atomic mass is 16.5. The first-order valence-corrected chi connectivity index (χ1v) is 10.5. The third-order valence-electron chi connectivity index (χ3n) is 6.63. The third-order valence-corrected chi connectivity index (χ3v) is 6.63. The van der Waals surface area contributed by atoms with Gasteiger partial charge in [0.1, 0.15) is 6.61 Å². The average molecular weight is 399 g/mol. The van der Waals surface area contributed by atoms with E-state index in [4.69, 9.17) is 4.74 Å². The van der Waals surface area contributed by atoms with E-state index in [2.05, 4.69) is 29.6 Å². The van der Waals surface area contributed by atoms with E-state index >= 15 is 0 Å². The molecule has 0 atom stereocenters. The van der Waals surface area contributed by atoms with Gasteiger partial charge in [0.25, 0.3) is 0 Å². The Hall–Kier alpha value is -3.11. The van der Waals surface area contributed by atoms with Crippen LogP contribution in [0.15, 0.2) is 78.9 Å². The van der Waals surface area contributed by atoms with E-state index in [1.54, 1.807) is 0 Å². The van der Waals surface area contributed by atoms with Gasteiger partial charge >= 0.3 is 6.09 Å². The van der Waals surface area contributed by atoms with Crippen LogP contribution in [0.3, 0.4) is 0 Å². The lowest BCUT2D eigenvalue weighted by Gasteiger charge is -2.47. The predicted molar refractivity (Wildman–Crippen MR) is 116 cm³/mol. The largest absolute Gasteiger partial charge is 0.449 e. The molecule has 1 saturated carbocycles. The Morgan fingerprint density at radius 1 is 0.900 bits per heavy atom. The van der Waals surface area contributed by atoms with Gasteiger partial charge in [-0.3, -0.25) is 0 Å². The van der Waals surface area contributed by atoms with Crippen molar-refractivity contribution in [1.82, 2.24) is 5.32 Å². The Morgan fingerprint density at radius 3 is 2.07 bits per heavy atom. The lowest BCUT2D eigenvalue weighted by atomic mass is 9.62. The maximum absolute atomic E-state index is 12.5. The molecular weight excluding hydrogens is 374 g/mol. The van der Waals surface area contributed by atoms with Gasteiger partial charge in [-0.05, 0) is 40.7 Å². The summed E-state index contributed by atoms with van der Waals surface area (Å²) < 4.78 is 5.64. The van der Waals surface area contributed by atoms with Crippen LogP contribution in [-0.2, 0) is 10.2 Å². The Morgan fingerprint density at radius 2 is 1.47 bits per heavy atom. The monoisotopic (exact) mass is 399 g/mol. The normalized spacial score (nSPS) is 22.0. The molecule has 2 aliphatic rings. The Labute approximate surface area is 176 Å². The fourth-order valence-corrected chi connectivity index (χ4v) is 5.04. The van der Waals surface area contributed by atoms with Crippen molar-refractivity contribution in [2.24, 2.45) is 0 Å². The summed E-state index contributed by atoms with van der Waals surface area (Å²) in [4.78, 5) is 12.5. The number of aliphatic hydroxyl groups is 1. The van der Waals surface area contributed by atoms with Crippen LogP contribution in [0.1, 0.15) is 35.4 Å². The van der Waals surface area contributed by atoms with Crippen molar-refractivity contribution in [2.45, 2.75) is 30.2 Å². The molecule has 2 aliphatic carbocycles. The number of fused-ring (bicyclic) bond motifs is 3. The second-order valence-corrected chi connectivity index (χ2v) is 8.38. The number of carbonyl (C=O) groups excluding carboxylic acids is 1. The fourth-order valence-electron chi connectivity index (χ4n) is 5.04. The summed E-state index contributed by atoms with van der Waals surface area (Å²) in [5.74, 6) is 0.0605. The van der Waals surface area contributed by atoms with E-state index in [1.165, 1.54) is 22.3 Å². The SMILES string of the molecule is O=C(NC1CC(CO)(c2ccccc2)C1)OCC1c2ccccc2-c2ccccc21. The number of hydrogen-bond acceptors (Lipinski definition) is 3. The van der Waals surface area contributed by atoms with Crippen LogP contribution >= 0.6 is 0 Å². The standard InChI is InChI=1S/C26H25NO3/c28-17-26(18-8-2-1-3-9-18)14-19(15-26)27-25(29)30-16-24-22-12-6-4-10-20(22)21-11-5-7-13-23(21)24/h1-13,19,24,28H,14-17H2,(H,27,29). The van der Waals surface area contributed by atoms with Crippen LogP contribution in [0, 0.1) is 0 Å². The molecule has 152 valence electrons. The second kappa shape index (κ2) is 7.62. The van der Waals surface area contributed by atoms with Gasteiger partial charge in [-0.1, -0.05) is 78.9 Å². The molecule has 0 heterocycles. The first-order chi connectivity index (χ1) is 14.7. The molecule has 4 nitrogen and oxygen atoms in total. The van der Waals surface area contributed by atoms with Gasteiger partial charge in [-0.2, -0.15) is 0 Å². The number of carbonyl (C=O) groups is 1. The van der Waals surface area contributed by atoms with Crippen molar-refractivity contribution < 1.29 is 14.6 Å². The number of benzene rings is 3. The molecule has 0 spiro atoms. The number of hydrogen-bond donors (Lipinski definition) is 2. The van der Waals surface area contributed by atoms with E-state index in [9.17, 15) is 9.90 Å². The number of nitrogens with one attached hydrogen (secondary N) is 1. The van der Waals surface area contributed by atoms with Gasteiger partial charge in [-0.25, -0.2) is 4.79 Å². The zero-order valence-corrected chi connectivity index (χ0v) is 16.8. The highest BCUT2D eigenvalue weighted by molar-refractivity contribution is 5.79.